The molecule has 0 bridgehead atoms. The van der Waals surface area contributed by atoms with Gasteiger partial charge in [0, 0.05) is 26.6 Å². The van der Waals surface area contributed by atoms with Crippen LogP contribution in [-0.4, -0.2) is 54.9 Å². The van der Waals surface area contributed by atoms with Gasteiger partial charge in [0.05, 0.1) is 13.2 Å². The van der Waals surface area contributed by atoms with Gasteiger partial charge in [-0.05, 0) is 0 Å². The second-order valence-corrected chi connectivity index (χ2v) is 3.89. The van der Waals surface area contributed by atoms with Crippen molar-refractivity contribution in [2.45, 2.75) is 6.42 Å². The Morgan fingerprint density at radius 1 is 1.37 bits per heavy atom. The second-order valence-electron chi connectivity index (χ2n) is 3.89. The van der Waals surface area contributed by atoms with Crippen molar-refractivity contribution in [3.05, 3.63) is 0 Å². The van der Waals surface area contributed by atoms with Crippen LogP contribution in [0, 0.1) is 12.3 Å². The normalized spacial score (nSPS) is 14.8. The monoisotopic (exact) mass is 263 g/mol. The van der Waals surface area contributed by atoms with Gasteiger partial charge in [-0.25, -0.2) is 0 Å². The lowest BCUT2D eigenvalue weighted by molar-refractivity contribution is 0.122. The van der Waals surface area contributed by atoms with E-state index in [0.717, 1.165) is 13.1 Å². The summed E-state index contributed by atoms with van der Waals surface area (Å²) in [5.74, 6) is 3.58. The molecule has 2 rings (SSSR count). The van der Waals surface area contributed by atoms with Crippen LogP contribution in [0.15, 0.2) is 0 Å². The zero-order chi connectivity index (χ0) is 13.5. The number of morpholine rings is 1. The van der Waals surface area contributed by atoms with Crippen LogP contribution in [0.1, 0.15) is 6.42 Å². The number of terminal acetylenes is 1. The molecule has 0 atom stereocenters. The molecule has 1 saturated heterocycles. The molecule has 1 aromatic heterocycles. The van der Waals surface area contributed by atoms with Gasteiger partial charge in [-0.1, -0.05) is 0 Å². The quantitative estimate of drug-likeness (QED) is 0.599. The molecule has 0 saturated carbocycles. The van der Waals surface area contributed by atoms with Crippen LogP contribution in [0.25, 0.3) is 0 Å². The molecule has 1 fully saturated rings. The minimum absolute atomic E-state index is 0.288. The van der Waals surface area contributed by atoms with Gasteiger partial charge in [0.15, 0.2) is 0 Å². The summed E-state index contributed by atoms with van der Waals surface area (Å²) in [7, 11) is 1.75. The maximum atomic E-state index is 5.42. The number of rotatable bonds is 5. The van der Waals surface area contributed by atoms with Gasteiger partial charge in [-0.3, -0.25) is 0 Å². The molecule has 0 radical (unpaired) electrons. The first kappa shape index (κ1) is 13.4. The molecule has 1 aromatic rings. The summed E-state index contributed by atoms with van der Waals surface area (Å²) < 4.78 is 10.7. The average Bonchev–Trinajstić information content (AvgIpc) is 2.48. The minimum atomic E-state index is 0.288. The number of anilines is 2. The van der Waals surface area contributed by atoms with Gasteiger partial charge in [-0.2, -0.15) is 15.0 Å². The van der Waals surface area contributed by atoms with Crippen molar-refractivity contribution in [1.82, 2.24) is 15.0 Å². The molecule has 0 aromatic carbocycles. The third-order valence-electron chi connectivity index (χ3n) is 2.60. The van der Waals surface area contributed by atoms with E-state index in [4.69, 9.17) is 15.9 Å². The lowest BCUT2D eigenvalue weighted by atomic mass is 10.4. The zero-order valence-electron chi connectivity index (χ0n) is 10.9. The zero-order valence-corrected chi connectivity index (χ0v) is 10.9. The number of hydrogen-bond acceptors (Lipinski definition) is 7. The summed E-state index contributed by atoms with van der Waals surface area (Å²) in [6.07, 6.45) is 5.70. The van der Waals surface area contributed by atoms with Crippen LogP contribution in [-0.2, 0) is 4.74 Å². The third kappa shape index (κ3) is 3.69. The van der Waals surface area contributed by atoms with E-state index in [0.29, 0.717) is 38.1 Å². The van der Waals surface area contributed by atoms with Gasteiger partial charge >= 0.3 is 6.01 Å². The molecule has 0 unspecified atom stereocenters. The van der Waals surface area contributed by atoms with E-state index >= 15 is 0 Å². The van der Waals surface area contributed by atoms with E-state index in [1.165, 1.54) is 0 Å². The predicted molar refractivity (Wildman–Crippen MR) is 71.4 cm³/mol. The van der Waals surface area contributed by atoms with Gasteiger partial charge < -0.3 is 19.7 Å². The van der Waals surface area contributed by atoms with E-state index in [-0.39, 0.29) is 6.01 Å². The largest absolute Gasteiger partial charge is 0.462 e. The Bertz CT molecular complexity index is 454. The van der Waals surface area contributed by atoms with Gasteiger partial charge in [0.1, 0.15) is 6.61 Å². The maximum absolute atomic E-state index is 5.42. The number of aromatic nitrogens is 3. The van der Waals surface area contributed by atoms with Crippen LogP contribution < -0.4 is 15.0 Å². The van der Waals surface area contributed by atoms with Crippen LogP contribution in [0.2, 0.25) is 0 Å². The summed E-state index contributed by atoms with van der Waals surface area (Å²) in [5, 5.41) is 2.90. The lowest BCUT2D eigenvalue weighted by Crippen LogP contribution is -2.37. The summed E-state index contributed by atoms with van der Waals surface area (Å²) in [6, 6.07) is 0.288. The number of nitrogens with zero attached hydrogens (tertiary/aromatic N) is 4. The molecule has 7 heteroatoms. The number of ether oxygens (including phenoxy) is 2. The molecule has 102 valence electrons. The predicted octanol–water partition coefficient (Wildman–Crippen LogP) is 0.152. The first-order valence-corrected chi connectivity index (χ1v) is 6.16. The summed E-state index contributed by atoms with van der Waals surface area (Å²) >= 11 is 0. The van der Waals surface area contributed by atoms with E-state index in [1.807, 2.05) is 4.90 Å². The fourth-order valence-electron chi connectivity index (χ4n) is 1.63. The van der Waals surface area contributed by atoms with Crippen molar-refractivity contribution >= 4 is 11.9 Å². The van der Waals surface area contributed by atoms with E-state index in [9.17, 15) is 0 Å². The SMILES string of the molecule is C#CCCOc1nc(NC)nc(N2CCOCC2)n1. The Morgan fingerprint density at radius 3 is 2.84 bits per heavy atom. The molecule has 1 N–H and O–H groups in total. The van der Waals surface area contributed by atoms with Crippen molar-refractivity contribution in [3.63, 3.8) is 0 Å². The fourth-order valence-corrected chi connectivity index (χ4v) is 1.63. The molecule has 19 heavy (non-hydrogen) atoms. The number of hydrogen-bond donors (Lipinski definition) is 1. The van der Waals surface area contributed by atoms with Gasteiger partial charge in [-0.15, -0.1) is 12.3 Å². The van der Waals surface area contributed by atoms with E-state index in [1.54, 1.807) is 7.05 Å². The highest BCUT2D eigenvalue weighted by atomic mass is 16.5. The van der Waals surface area contributed by atoms with Crippen molar-refractivity contribution in [1.29, 1.82) is 0 Å². The van der Waals surface area contributed by atoms with Crippen molar-refractivity contribution in [2.75, 3.05) is 50.2 Å². The van der Waals surface area contributed by atoms with Crippen molar-refractivity contribution < 1.29 is 9.47 Å². The number of nitrogens with one attached hydrogen (secondary N) is 1. The van der Waals surface area contributed by atoms with Crippen LogP contribution in [0.5, 0.6) is 6.01 Å². The molecule has 2 heterocycles. The van der Waals surface area contributed by atoms with Crippen LogP contribution in [0.4, 0.5) is 11.9 Å². The highest BCUT2D eigenvalue weighted by molar-refractivity contribution is 5.38. The molecule has 1 aliphatic heterocycles. The van der Waals surface area contributed by atoms with Gasteiger partial charge in [0.2, 0.25) is 11.9 Å². The van der Waals surface area contributed by atoms with Crippen molar-refractivity contribution in [2.24, 2.45) is 0 Å². The molecular weight excluding hydrogens is 246 g/mol. The molecule has 0 aliphatic carbocycles. The summed E-state index contributed by atoms with van der Waals surface area (Å²) in [6.45, 7) is 3.27. The standard InChI is InChI=1S/C12H17N5O2/c1-3-4-7-19-12-15-10(13-2)14-11(16-12)17-5-8-18-9-6-17/h1H,4-9H2,2H3,(H,13,14,15,16). The Kier molecular flexibility index (Phi) is 4.75. The highest BCUT2D eigenvalue weighted by Gasteiger charge is 2.16. The highest BCUT2D eigenvalue weighted by Crippen LogP contribution is 2.16. The average molecular weight is 263 g/mol. The first-order valence-electron chi connectivity index (χ1n) is 6.16. The lowest BCUT2D eigenvalue weighted by Gasteiger charge is -2.26. The smallest absolute Gasteiger partial charge is 0.323 e. The van der Waals surface area contributed by atoms with Gasteiger partial charge in [0.25, 0.3) is 0 Å². The third-order valence-corrected chi connectivity index (χ3v) is 2.60. The molecule has 7 nitrogen and oxygen atoms in total. The fraction of sp³-hybridized carbons (Fsp3) is 0.583. The van der Waals surface area contributed by atoms with Crippen LogP contribution in [0.3, 0.4) is 0 Å². The summed E-state index contributed by atoms with van der Waals surface area (Å²) in [5.41, 5.74) is 0. The van der Waals surface area contributed by atoms with E-state index < -0.39 is 0 Å². The minimum Gasteiger partial charge on any atom is -0.462 e. The maximum Gasteiger partial charge on any atom is 0.323 e. The van der Waals surface area contributed by atoms with Crippen LogP contribution >= 0.6 is 0 Å². The second kappa shape index (κ2) is 6.75. The Hall–Kier alpha value is -2.07. The Labute approximate surface area is 112 Å². The Morgan fingerprint density at radius 2 is 2.16 bits per heavy atom. The first-order chi connectivity index (χ1) is 9.33. The summed E-state index contributed by atoms with van der Waals surface area (Å²) in [4.78, 5) is 14.8. The Balaban J connectivity index is 2.12. The molecule has 1 aliphatic rings. The van der Waals surface area contributed by atoms with Crippen molar-refractivity contribution in [3.8, 4) is 18.4 Å². The molecule has 0 spiro atoms. The topological polar surface area (TPSA) is 72.4 Å². The molecular formula is C12H17N5O2. The van der Waals surface area contributed by atoms with E-state index in [2.05, 4.69) is 26.2 Å². The molecule has 0 amide bonds.